The van der Waals surface area contributed by atoms with Gasteiger partial charge in [0.1, 0.15) is 24.9 Å². The van der Waals surface area contributed by atoms with Gasteiger partial charge in [-0.3, -0.25) is 0 Å². The summed E-state index contributed by atoms with van der Waals surface area (Å²) in [6.45, 7) is 4.05. The quantitative estimate of drug-likeness (QED) is 0.386. The van der Waals surface area contributed by atoms with E-state index >= 15 is 0 Å². The first-order valence-corrected chi connectivity index (χ1v) is 11.2. The van der Waals surface area contributed by atoms with Crippen LogP contribution < -0.4 is 18.6 Å². The largest absolute Gasteiger partial charge is 0.497 e. The number of rotatable bonds is 1. The van der Waals surface area contributed by atoms with E-state index in [1.807, 2.05) is 0 Å². The first kappa shape index (κ1) is 21.8. The van der Waals surface area contributed by atoms with Crippen LogP contribution in [0.3, 0.4) is 0 Å². The summed E-state index contributed by atoms with van der Waals surface area (Å²) in [5.74, 6) is 0.187. The van der Waals surface area contributed by atoms with Gasteiger partial charge in [-0.2, -0.15) is 0 Å². The number of methoxy groups -OCH3 is 1. The van der Waals surface area contributed by atoms with Crippen molar-refractivity contribution in [2.24, 2.45) is 11.8 Å². The minimum absolute atomic E-state index is 0.110. The molecule has 1 aromatic carbocycles. The molecule has 9 nitrogen and oxygen atoms in total. The molecule has 3 aliphatic rings. The number of nitrogens with zero attached hydrogens (tertiary/aromatic N) is 1. The number of nitrogens with one attached hydrogen (secondary N) is 1. The summed E-state index contributed by atoms with van der Waals surface area (Å²) in [5.41, 5.74) is 5.85. The lowest BCUT2D eigenvalue weighted by atomic mass is 9.74. The molecule has 10 heteroatoms. The second-order valence-electron chi connectivity index (χ2n) is 7.93. The Morgan fingerprint density at radius 2 is 1.97 bits per heavy atom. The Bertz CT molecular complexity index is 1060. The van der Waals surface area contributed by atoms with Crippen molar-refractivity contribution in [3.63, 3.8) is 0 Å². The van der Waals surface area contributed by atoms with Gasteiger partial charge in [-0.15, -0.1) is 10.2 Å². The summed E-state index contributed by atoms with van der Waals surface area (Å²) in [6, 6.07) is 8.51. The average molecular weight is 451 g/mol. The van der Waals surface area contributed by atoms with E-state index in [0.717, 1.165) is 25.9 Å². The normalized spacial score (nSPS) is 24.7. The Morgan fingerprint density at radius 3 is 2.68 bits per heavy atom. The van der Waals surface area contributed by atoms with Crippen LogP contribution in [0, 0.1) is 22.1 Å². The lowest BCUT2D eigenvalue weighted by Gasteiger charge is -2.38. The maximum atomic E-state index is 12.3. The minimum Gasteiger partial charge on any atom is -0.497 e. The molecule has 3 atom stereocenters. The number of carbonyl (C=O) groups is 1. The zero-order valence-corrected chi connectivity index (χ0v) is 17.9. The number of carbonyl (C=O) groups excluding carboxylic acids is 1. The van der Waals surface area contributed by atoms with Crippen LogP contribution in [0.2, 0.25) is 0 Å². The smallest absolute Gasteiger partial charge is 0.337 e. The predicted octanol–water partition coefficient (Wildman–Crippen LogP) is -2.12. The monoisotopic (exact) mass is 450 g/mol. The number of fused-ring (bicyclic) bond motifs is 5. The molecule has 31 heavy (non-hydrogen) atoms. The molecule has 0 unspecified atom stereocenters. The number of benzene rings is 1. The maximum Gasteiger partial charge on any atom is 0.337 e. The molecule has 0 saturated carbocycles. The van der Waals surface area contributed by atoms with E-state index in [-0.39, 0.29) is 18.0 Å². The molecule has 0 aliphatic carbocycles. The van der Waals surface area contributed by atoms with E-state index in [1.165, 1.54) is 35.0 Å². The fraction of sp³-hybridized carbons (Fsp3) is 0.429. The van der Waals surface area contributed by atoms with E-state index in [4.69, 9.17) is 28.1 Å². The standard InChI is InChI=1S/C21H22N2O3.ClHO4/c1-12-16-10-23-8-7-14-13-5-3-4-6-18(13)22-20(14)19(23)9-15(16)17(11-26-12)21(24)25-2;2-1(3,4)5/h3-6,11-12,15-16H,7-10H2,1-2H3;(H,2,3,4,5)/t12-,15-,16+;/m0./s1. The number of ether oxygens (including phenoxy) is 2. The highest BCUT2D eigenvalue weighted by atomic mass is 35.7. The van der Waals surface area contributed by atoms with E-state index in [9.17, 15) is 4.79 Å². The molecule has 1 aromatic heterocycles. The van der Waals surface area contributed by atoms with Crippen LogP contribution in [0.5, 0.6) is 0 Å². The van der Waals surface area contributed by atoms with Crippen LogP contribution in [0.25, 0.3) is 10.9 Å². The Hall–Kier alpha value is -2.43. The van der Waals surface area contributed by atoms with Crippen molar-refractivity contribution in [1.29, 1.82) is 0 Å². The van der Waals surface area contributed by atoms with Crippen molar-refractivity contribution in [3.8, 4) is 0 Å². The molecule has 5 rings (SSSR count). The van der Waals surface area contributed by atoms with Gasteiger partial charge >= 0.3 is 5.97 Å². The number of aromatic nitrogens is 1. The molecular formula is C21H23ClN2O7. The second kappa shape index (κ2) is 8.25. The van der Waals surface area contributed by atoms with E-state index in [1.54, 1.807) is 6.26 Å². The van der Waals surface area contributed by atoms with Crippen molar-refractivity contribution in [2.45, 2.75) is 25.9 Å². The fourth-order valence-electron chi connectivity index (χ4n) is 4.92. The molecule has 1 N–H and O–H groups in total. The Kier molecular flexibility index (Phi) is 5.80. The second-order valence-corrected chi connectivity index (χ2v) is 8.68. The van der Waals surface area contributed by atoms with Gasteiger partial charge in [0.25, 0.3) is 0 Å². The van der Waals surface area contributed by atoms with Crippen LogP contribution in [0.15, 0.2) is 36.1 Å². The number of esters is 1. The molecule has 0 fully saturated rings. The molecule has 166 valence electrons. The third-order valence-electron chi connectivity index (χ3n) is 6.31. The highest BCUT2D eigenvalue weighted by molar-refractivity contribution is 6.04. The highest BCUT2D eigenvalue weighted by Crippen LogP contribution is 2.39. The number of H-pyrrole nitrogens is 1. The number of aromatic amines is 1. The van der Waals surface area contributed by atoms with Crippen molar-refractivity contribution >= 4 is 22.6 Å². The van der Waals surface area contributed by atoms with Gasteiger partial charge in [0.15, 0.2) is 0 Å². The summed E-state index contributed by atoms with van der Waals surface area (Å²) >= 11 is 0. The van der Waals surface area contributed by atoms with Gasteiger partial charge in [0.2, 0.25) is 5.71 Å². The highest BCUT2D eigenvalue weighted by Gasteiger charge is 2.47. The zero-order valence-electron chi connectivity index (χ0n) is 17.1. The molecule has 0 amide bonds. The molecule has 0 bridgehead atoms. The first-order chi connectivity index (χ1) is 14.7. The molecule has 0 spiro atoms. The molecule has 2 aromatic rings. The summed E-state index contributed by atoms with van der Waals surface area (Å²) in [5, 5.41) is 1.32. The van der Waals surface area contributed by atoms with Crippen molar-refractivity contribution in [3.05, 3.63) is 47.4 Å². The molecule has 3 aliphatic heterocycles. The van der Waals surface area contributed by atoms with Gasteiger partial charge in [0.05, 0.1) is 24.9 Å². The fourth-order valence-corrected chi connectivity index (χ4v) is 4.92. The third-order valence-corrected chi connectivity index (χ3v) is 6.31. The van der Waals surface area contributed by atoms with Crippen LogP contribution in [0.4, 0.5) is 0 Å². The van der Waals surface area contributed by atoms with Gasteiger partial charge in [-0.1, -0.05) is 18.2 Å². The Labute approximate surface area is 180 Å². The van der Waals surface area contributed by atoms with Crippen molar-refractivity contribution in [1.82, 2.24) is 4.98 Å². The van der Waals surface area contributed by atoms with Crippen molar-refractivity contribution < 1.29 is 47.7 Å². The van der Waals surface area contributed by atoms with E-state index in [0.29, 0.717) is 11.5 Å². The number of halogens is 1. The predicted molar refractivity (Wildman–Crippen MR) is 98.3 cm³/mol. The Morgan fingerprint density at radius 1 is 1.26 bits per heavy atom. The average Bonchev–Trinajstić information content (AvgIpc) is 3.10. The SMILES string of the molecule is COC(=O)C1=CO[C@@H](C)[C@H]2C[N+]3=C(C[C@H]12)c1[nH]c2ccccc2c1CC3.[O-][Cl+3]([O-])([O-])[O-]. The number of hydrogen-bond donors (Lipinski definition) is 1. The van der Waals surface area contributed by atoms with Crippen LogP contribution in [0.1, 0.15) is 24.6 Å². The summed E-state index contributed by atoms with van der Waals surface area (Å²) in [4.78, 5) is 15.9. The van der Waals surface area contributed by atoms with Gasteiger partial charge in [0, 0.05) is 29.7 Å². The van der Waals surface area contributed by atoms with E-state index < -0.39 is 10.2 Å². The third kappa shape index (κ3) is 4.32. The summed E-state index contributed by atoms with van der Waals surface area (Å²) < 4.78 is 47.2. The summed E-state index contributed by atoms with van der Waals surface area (Å²) in [6.07, 6.45) is 3.64. The molecular weight excluding hydrogens is 428 g/mol. The van der Waals surface area contributed by atoms with Crippen LogP contribution in [-0.2, 0) is 20.7 Å². The lowest BCUT2D eigenvalue weighted by Crippen LogP contribution is -2.68. The molecule has 0 radical (unpaired) electrons. The van der Waals surface area contributed by atoms with Gasteiger partial charge < -0.3 is 14.5 Å². The molecule has 4 heterocycles. The van der Waals surface area contributed by atoms with E-state index in [2.05, 4.69) is 40.7 Å². The van der Waals surface area contributed by atoms with Crippen LogP contribution in [-0.4, -0.2) is 47.5 Å². The lowest BCUT2D eigenvalue weighted by molar-refractivity contribution is -2.00. The number of hydrogen-bond acceptors (Lipinski definition) is 7. The maximum absolute atomic E-state index is 12.3. The number of para-hydroxylation sites is 1. The van der Waals surface area contributed by atoms with Gasteiger partial charge in [-0.25, -0.2) is 28.0 Å². The zero-order chi connectivity index (χ0) is 22.3. The summed E-state index contributed by atoms with van der Waals surface area (Å²) in [7, 11) is -3.51. The minimum atomic E-state index is -4.94. The molecule has 0 saturated heterocycles. The first-order valence-electron chi connectivity index (χ1n) is 9.93. The topological polar surface area (TPSA) is 147 Å². The van der Waals surface area contributed by atoms with Gasteiger partial charge in [-0.05, 0) is 18.6 Å². The Balaban J connectivity index is 0.000000418. The van der Waals surface area contributed by atoms with Crippen molar-refractivity contribution in [2.75, 3.05) is 20.2 Å². The van der Waals surface area contributed by atoms with Crippen LogP contribution >= 0.6 is 0 Å².